The SMILES string of the molecule is CC[Si](CC)(CCCN(COC)COC)OC. The number of rotatable bonds is 11. The topological polar surface area (TPSA) is 30.9 Å². The van der Waals surface area contributed by atoms with E-state index in [1.807, 2.05) is 7.11 Å². The van der Waals surface area contributed by atoms with Gasteiger partial charge >= 0.3 is 0 Å². The summed E-state index contributed by atoms with van der Waals surface area (Å²) in [5, 5.41) is 0. The standard InChI is InChI=1S/C12H29NO3Si/c1-6-17(7-2,16-5)10-8-9-13(11-14-3)12-15-4/h6-12H2,1-5H3. The van der Waals surface area contributed by atoms with Gasteiger partial charge in [0, 0.05) is 27.9 Å². The predicted octanol–water partition coefficient (Wildman–Crippen LogP) is 2.52. The quantitative estimate of drug-likeness (QED) is 0.423. The van der Waals surface area contributed by atoms with Crippen LogP contribution in [-0.4, -0.2) is 54.6 Å². The first-order valence-electron chi connectivity index (χ1n) is 6.43. The van der Waals surface area contributed by atoms with Crippen LogP contribution in [0.1, 0.15) is 20.3 Å². The van der Waals surface area contributed by atoms with Crippen LogP contribution in [0.3, 0.4) is 0 Å². The maximum Gasteiger partial charge on any atom is 0.191 e. The highest BCUT2D eigenvalue weighted by molar-refractivity contribution is 6.73. The second-order valence-corrected chi connectivity index (χ2v) is 9.12. The second-order valence-electron chi connectivity index (χ2n) is 4.43. The lowest BCUT2D eigenvalue weighted by molar-refractivity contribution is -0.0132. The van der Waals surface area contributed by atoms with Gasteiger partial charge in [-0.05, 0) is 24.6 Å². The molecule has 0 aromatic heterocycles. The zero-order valence-corrected chi connectivity index (χ0v) is 13.1. The maximum absolute atomic E-state index is 5.80. The Bertz CT molecular complexity index is 163. The molecule has 104 valence electrons. The van der Waals surface area contributed by atoms with Crippen molar-refractivity contribution < 1.29 is 13.9 Å². The van der Waals surface area contributed by atoms with Gasteiger partial charge in [-0.2, -0.15) is 0 Å². The summed E-state index contributed by atoms with van der Waals surface area (Å²) in [7, 11) is 3.87. The van der Waals surface area contributed by atoms with Gasteiger partial charge < -0.3 is 13.9 Å². The summed E-state index contributed by atoms with van der Waals surface area (Å²) in [4.78, 5) is 2.17. The van der Waals surface area contributed by atoms with Gasteiger partial charge in [0.1, 0.15) is 13.5 Å². The van der Waals surface area contributed by atoms with Gasteiger partial charge in [-0.1, -0.05) is 13.8 Å². The second kappa shape index (κ2) is 10.0. The van der Waals surface area contributed by atoms with Crippen molar-refractivity contribution in [2.75, 3.05) is 41.3 Å². The Labute approximate surface area is 107 Å². The summed E-state index contributed by atoms with van der Waals surface area (Å²) in [6.07, 6.45) is 1.16. The third kappa shape index (κ3) is 6.52. The number of methoxy groups -OCH3 is 2. The number of hydrogen-bond acceptors (Lipinski definition) is 4. The first kappa shape index (κ1) is 17.1. The van der Waals surface area contributed by atoms with E-state index >= 15 is 0 Å². The van der Waals surface area contributed by atoms with Gasteiger partial charge in [0.15, 0.2) is 8.32 Å². The van der Waals surface area contributed by atoms with E-state index in [-0.39, 0.29) is 0 Å². The van der Waals surface area contributed by atoms with Crippen LogP contribution in [0.2, 0.25) is 18.1 Å². The largest absolute Gasteiger partial charge is 0.420 e. The summed E-state index contributed by atoms with van der Waals surface area (Å²) < 4.78 is 16.1. The molecule has 0 N–H and O–H groups in total. The van der Waals surface area contributed by atoms with Crippen molar-refractivity contribution in [3.05, 3.63) is 0 Å². The fourth-order valence-electron chi connectivity index (χ4n) is 2.15. The smallest absolute Gasteiger partial charge is 0.191 e. The lowest BCUT2D eigenvalue weighted by Crippen LogP contribution is -2.37. The van der Waals surface area contributed by atoms with Gasteiger partial charge in [0.25, 0.3) is 0 Å². The Morgan fingerprint density at radius 1 is 0.941 bits per heavy atom. The molecule has 0 saturated carbocycles. The van der Waals surface area contributed by atoms with E-state index in [2.05, 4.69) is 18.7 Å². The van der Waals surface area contributed by atoms with Crippen LogP contribution in [0.25, 0.3) is 0 Å². The average molecular weight is 263 g/mol. The van der Waals surface area contributed by atoms with Crippen LogP contribution in [0, 0.1) is 0 Å². The third-order valence-electron chi connectivity index (χ3n) is 3.45. The zero-order chi connectivity index (χ0) is 13.1. The summed E-state index contributed by atoms with van der Waals surface area (Å²) in [5.41, 5.74) is 0. The Balaban J connectivity index is 3.99. The molecule has 0 saturated heterocycles. The molecular formula is C12H29NO3Si. The van der Waals surface area contributed by atoms with E-state index in [0.717, 1.165) is 13.0 Å². The van der Waals surface area contributed by atoms with Crippen LogP contribution in [-0.2, 0) is 13.9 Å². The lowest BCUT2D eigenvalue weighted by Gasteiger charge is -2.28. The predicted molar refractivity (Wildman–Crippen MR) is 73.6 cm³/mol. The molecule has 4 nitrogen and oxygen atoms in total. The molecule has 5 heteroatoms. The minimum atomic E-state index is -1.44. The van der Waals surface area contributed by atoms with Gasteiger partial charge in [-0.3, -0.25) is 4.90 Å². The minimum absolute atomic E-state index is 0.633. The molecule has 0 bridgehead atoms. The van der Waals surface area contributed by atoms with Crippen molar-refractivity contribution in [3.8, 4) is 0 Å². The molecule has 0 fully saturated rings. The van der Waals surface area contributed by atoms with Crippen LogP contribution < -0.4 is 0 Å². The Morgan fingerprint density at radius 2 is 1.47 bits per heavy atom. The molecule has 17 heavy (non-hydrogen) atoms. The summed E-state index contributed by atoms with van der Waals surface area (Å²) in [6.45, 7) is 6.78. The van der Waals surface area contributed by atoms with E-state index in [1.54, 1.807) is 14.2 Å². The molecule has 0 radical (unpaired) electrons. The van der Waals surface area contributed by atoms with E-state index < -0.39 is 8.32 Å². The fourth-order valence-corrected chi connectivity index (χ4v) is 4.94. The normalized spacial score (nSPS) is 12.4. The van der Waals surface area contributed by atoms with E-state index in [1.165, 1.54) is 18.1 Å². The molecule has 0 amide bonds. The molecule has 0 aliphatic carbocycles. The highest BCUT2D eigenvalue weighted by atomic mass is 28.4. The zero-order valence-electron chi connectivity index (χ0n) is 12.1. The number of ether oxygens (including phenoxy) is 2. The van der Waals surface area contributed by atoms with Crippen LogP contribution in [0.5, 0.6) is 0 Å². The van der Waals surface area contributed by atoms with E-state index in [4.69, 9.17) is 13.9 Å². The monoisotopic (exact) mass is 263 g/mol. The van der Waals surface area contributed by atoms with Crippen LogP contribution >= 0.6 is 0 Å². The van der Waals surface area contributed by atoms with Gasteiger partial charge in [0.05, 0.1) is 0 Å². The summed E-state index contributed by atoms with van der Waals surface area (Å²) >= 11 is 0. The van der Waals surface area contributed by atoms with Crippen LogP contribution in [0.15, 0.2) is 0 Å². The van der Waals surface area contributed by atoms with Crippen molar-refractivity contribution in [2.24, 2.45) is 0 Å². The van der Waals surface area contributed by atoms with Gasteiger partial charge in [-0.25, -0.2) is 0 Å². The molecule has 0 unspecified atom stereocenters. The Morgan fingerprint density at radius 3 is 1.82 bits per heavy atom. The van der Waals surface area contributed by atoms with Crippen LogP contribution in [0.4, 0.5) is 0 Å². The van der Waals surface area contributed by atoms with Crippen molar-refractivity contribution in [1.82, 2.24) is 4.90 Å². The molecule has 0 atom stereocenters. The fraction of sp³-hybridized carbons (Fsp3) is 1.00. The molecule has 0 aromatic carbocycles. The highest BCUT2D eigenvalue weighted by Crippen LogP contribution is 2.22. The Kier molecular flexibility index (Phi) is 10.1. The van der Waals surface area contributed by atoms with Crippen molar-refractivity contribution in [2.45, 2.75) is 38.4 Å². The molecule has 0 heterocycles. The van der Waals surface area contributed by atoms with E-state index in [9.17, 15) is 0 Å². The lowest BCUT2D eigenvalue weighted by atomic mass is 10.4. The Hall–Kier alpha value is 0.0569. The van der Waals surface area contributed by atoms with Crippen molar-refractivity contribution in [3.63, 3.8) is 0 Å². The third-order valence-corrected chi connectivity index (χ3v) is 8.16. The molecule has 0 aliphatic heterocycles. The first-order chi connectivity index (χ1) is 8.17. The molecular weight excluding hydrogens is 234 g/mol. The minimum Gasteiger partial charge on any atom is -0.420 e. The molecule has 0 aromatic rings. The maximum atomic E-state index is 5.80. The first-order valence-corrected chi connectivity index (χ1v) is 8.96. The van der Waals surface area contributed by atoms with E-state index in [0.29, 0.717) is 13.5 Å². The number of nitrogens with zero attached hydrogens (tertiary/aromatic N) is 1. The average Bonchev–Trinajstić information content (AvgIpc) is 2.36. The molecule has 0 rings (SSSR count). The van der Waals surface area contributed by atoms with Crippen molar-refractivity contribution >= 4 is 8.32 Å². The summed E-state index contributed by atoms with van der Waals surface area (Å²) in [5.74, 6) is 0. The summed E-state index contributed by atoms with van der Waals surface area (Å²) in [6, 6.07) is 3.63. The van der Waals surface area contributed by atoms with Gasteiger partial charge in [-0.15, -0.1) is 0 Å². The molecule has 0 spiro atoms. The van der Waals surface area contributed by atoms with Crippen molar-refractivity contribution in [1.29, 1.82) is 0 Å². The van der Waals surface area contributed by atoms with Gasteiger partial charge in [0.2, 0.25) is 0 Å². The highest BCUT2D eigenvalue weighted by Gasteiger charge is 2.28. The molecule has 0 aliphatic rings. The number of hydrogen-bond donors (Lipinski definition) is 0.